The molecule has 0 radical (unpaired) electrons. The molecule has 7 rings (SSSR count). The fourth-order valence-electron chi connectivity index (χ4n) is 5.93. The van der Waals surface area contributed by atoms with Gasteiger partial charge in [-0.2, -0.15) is 0 Å². The van der Waals surface area contributed by atoms with Gasteiger partial charge in [-0.05, 0) is 76.9 Å². The lowest BCUT2D eigenvalue weighted by Gasteiger charge is -2.23. The van der Waals surface area contributed by atoms with Crippen LogP contribution in [0.15, 0.2) is 109 Å². The number of hydrogen-bond donors (Lipinski definition) is 2. The fraction of sp³-hybridized carbons (Fsp3) is 0.0909. The molecule has 36 heavy (non-hydrogen) atoms. The predicted molar refractivity (Wildman–Crippen MR) is 152 cm³/mol. The van der Waals surface area contributed by atoms with E-state index in [0.717, 1.165) is 17.1 Å². The Balaban J connectivity index is 1.36. The second kappa shape index (κ2) is 7.50. The molecule has 0 unspecified atom stereocenters. The minimum Gasteiger partial charge on any atom is -0.399 e. The first kappa shape index (κ1) is 20.8. The fourth-order valence-corrected chi connectivity index (χ4v) is 5.93. The molecule has 3 nitrogen and oxygen atoms in total. The van der Waals surface area contributed by atoms with E-state index in [4.69, 9.17) is 5.73 Å². The Labute approximate surface area is 210 Å². The Morgan fingerprint density at radius 1 is 0.611 bits per heavy atom. The van der Waals surface area contributed by atoms with Crippen LogP contribution in [0.4, 0.5) is 17.1 Å². The molecule has 0 saturated carbocycles. The Morgan fingerprint density at radius 2 is 1.22 bits per heavy atom. The molecule has 1 aromatic heterocycles. The second-order valence-electron chi connectivity index (χ2n) is 10.2. The topological polar surface area (TPSA) is 43.0 Å². The largest absolute Gasteiger partial charge is 0.399 e. The van der Waals surface area contributed by atoms with E-state index in [-0.39, 0.29) is 5.41 Å². The van der Waals surface area contributed by atoms with Gasteiger partial charge in [0, 0.05) is 38.9 Å². The van der Waals surface area contributed by atoms with Crippen LogP contribution in [0.2, 0.25) is 0 Å². The summed E-state index contributed by atoms with van der Waals surface area (Å²) in [5.41, 5.74) is 17.7. The number of nitrogen functional groups attached to an aromatic ring is 1. The highest BCUT2D eigenvalue weighted by Crippen LogP contribution is 2.50. The number of nitrogens with two attached hydrogens (primary N) is 1. The lowest BCUT2D eigenvalue weighted by Crippen LogP contribution is -2.15. The van der Waals surface area contributed by atoms with Crippen LogP contribution < -0.4 is 11.1 Å². The number of hydrogen-bond acceptors (Lipinski definition) is 2. The van der Waals surface area contributed by atoms with Crippen molar-refractivity contribution in [2.45, 2.75) is 19.3 Å². The van der Waals surface area contributed by atoms with Gasteiger partial charge in [0.1, 0.15) is 0 Å². The van der Waals surface area contributed by atoms with Crippen molar-refractivity contribution in [2.75, 3.05) is 11.1 Å². The molecule has 0 bridgehead atoms. The van der Waals surface area contributed by atoms with Gasteiger partial charge in [0.15, 0.2) is 0 Å². The van der Waals surface area contributed by atoms with Crippen LogP contribution in [0, 0.1) is 0 Å². The van der Waals surface area contributed by atoms with Gasteiger partial charge in [-0.15, -0.1) is 0 Å². The van der Waals surface area contributed by atoms with Gasteiger partial charge in [-0.1, -0.05) is 68.4 Å². The molecule has 5 aromatic carbocycles. The standard InChI is InChI=1S/C33H27N3/c1-33(2)29-19-23(35-22-9-7-8-21(34)18-22)14-16-25(29)26-17-15-24(20-30(26)33)36-31-12-5-3-10-27(31)28-11-4-6-13-32(28)36/h3-20,35H,34H2,1-2H3. The van der Waals surface area contributed by atoms with Crippen molar-refractivity contribution >= 4 is 38.9 Å². The normalized spacial score (nSPS) is 13.6. The van der Waals surface area contributed by atoms with E-state index >= 15 is 0 Å². The van der Waals surface area contributed by atoms with E-state index in [2.05, 4.69) is 109 Å². The van der Waals surface area contributed by atoms with Gasteiger partial charge in [0.05, 0.1) is 11.0 Å². The maximum absolute atomic E-state index is 5.98. The number of nitrogens with one attached hydrogen (secondary N) is 1. The smallest absolute Gasteiger partial charge is 0.0541 e. The van der Waals surface area contributed by atoms with E-state index in [1.165, 1.54) is 49.7 Å². The van der Waals surface area contributed by atoms with Gasteiger partial charge in [-0.3, -0.25) is 0 Å². The molecule has 0 aliphatic heterocycles. The molecule has 6 aromatic rings. The van der Waals surface area contributed by atoms with Crippen molar-refractivity contribution in [3.63, 3.8) is 0 Å². The van der Waals surface area contributed by atoms with E-state index in [1.807, 2.05) is 24.3 Å². The summed E-state index contributed by atoms with van der Waals surface area (Å²) in [7, 11) is 0. The average molecular weight is 466 g/mol. The summed E-state index contributed by atoms with van der Waals surface area (Å²) in [6.45, 7) is 4.66. The first-order valence-corrected chi connectivity index (χ1v) is 12.4. The molecule has 0 saturated heterocycles. The van der Waals surface area contributed by atoms with Crippen molar-refractivity contribution in [1.29, 1.82) is 0 Å². The summed E-state index contributed by atoms with van der Waals surface area (Å²) < 4.78 is 2.40. The van der Waals surface area contributed by atoms with Crippen molar-refractivity contribution in [3.8, 4) is 16.8 Å². The highest BCUT2D eigenvalue weighted by Gasteiger charge is 2.36. The summed E-state index contributed by atoms with van der Waals surface area (Å²) in [4.78, 5) is 0. The minimum absolute atomic E-state index is 0.118. The highest BCUT2D eigenvalue weighted by atomic mass is 15.0. The number of benzene rings is 5. The number of anilines is 3. The third-order valence-electron chi connectivity index (χ3n) is 7.67. The third kappa shape index (κ3) is 2.99. The average Bonchev–Trinajstić information content (AvgIpc) is 3.33. The summed E-state index contributed by atoms with van der Waals surface area (Å²) in [6.07, 6.45) is 0. The zero-order valence-corrected chi connectivity index (χ0v) is 20.4. The van der Waals surface area contributed by atoms with E-state index in [1.54, 1.807) is 0 Å². The van der Waals surface area contributed by atoms with E-state index < -0.39 is 0 Å². The monoisotopic (exact) mass is 465 g/mol. The summed E-state index contributed by atoms with van der Waals surface area (Å²) in [5.74, 6) is 0. The maximum atomic E-state index is 5.98. The zero-order valence-electron chi connectivity index (χ0n) is 20.4. The lowest BCUT2D eigenvalue weighted by atomic mass is 9.82. The Kier molecular flexibility index (Phi) is 4.34. The van der Waals surface area contributed by atoms with Gasteiger partial charge >= 0.3 is 0 Å². The molecule has 0 atom stereocenters. The molecule has 1 heterocycles. The van der Waals surface area contributed by atoms with Gasteiger partial charge in [0.25, 0.3) is 0 Å². The van der Waals surface area contributed by atoms with Crippen molar-refractivity contribution in [3.05, 3.63) is 120 Å². The number of nitrogens with zero attached hydrogens (tertiary/aromatic N) is 1. The highest BCUT2D eigenvalue weighted by molar-refractivity contribution is 6.09. The summed E-state index contributed by atoms with van der Waals surface area (Å²) in [5, 5.41) is 6.10. The van der Waals surface area contributed by atoms with Crippen LogP contribution >= 0.6 is 0 Å². The van der Waals surface area contributed by atoms with E-state index in [9.17, 15) is 0 Å². The van der Waals surface area contributed by atoms with E-state index in [0.29, 0.717) is 0 Å². The number of rotatable bonds is 3. The van der Waals surface area contributed by atoms with Crippen LogP contribution in [-0.4, -0.2) is 4.57 Å². The van der Waals surface area contributed by atoms with Crippen LogP contribution in [0.3, 0.4) is 0 Å². The first-order chi connectivity index (χ1) is 17.5. The van der Waals surface area contributed by atoms with Crippen molar-refractivity contribution in [1.82, 2.24) is 4.57 Å². The lowest BCUT2D eigenvalue weighted by molar-refractivity contribution is 0.660. The first-order valence-electron chi connectivity index (χ1n) is 12.4. The Bertz CT molecular complexity index is 1750. The van der Waals surface area contributed by atoms with Gasteiger partial charge in [0.2, 0.25) is 0 Å². The van der Waals surface area contributed by atoms with Gasteiger partial charge in [-0.25, -0.2) is 0 Å². The van der Waals surface area contributed by atoms with Crippen LogP contribution in [0.25, 0.3) is 38.6 Å². The quantitative estimate of drug-likeness (QED) is 0.258. The van der Waals surface area contributed by atoms with Crippen LogP contribution in [0.5, 0.6) is 0 Å². The number of aromatic nitrogens is 1. The molecule has 1 aliphatic carbocycles. The third-order valence-corrected chi connectivity index (χ3v) is 7.67. The second-order valence-corrected chi connectivity index (χ2v) is 10.2. The minimum atomic E-state index is -0.118. The van der Waals surface area contributed by atoms with Gasteiger partial charge < -0.3 is 15.6 Å². The molecule has 174 valence electrons. The van der Waals surface area contributed by atoms with Crippen molar-refractivity contribution < 1.29 is 0 Å². The molecule has 3 heteroatoms. The maximum Gasteiger partial charge on any atom is 0.0541 e. The Morgan fingerprint density at radius 3 is 1.92 bits per heavy atom. The SMILES string of the molecule is CC1(C)c2cc(Nc3cccc(N)c3)ccc2-c2ccc(-n3c4ccccc4c4ccccc43)cc21. The summed E-state index contributed by atoms with van der Waals surface area (Å²) >= 11 is 0. The number of fused-ring (bicyclic) bond motifs is 6. The number of para-hydroxylation sites is 2. The molecule has 1 aliphatic rings. The Hall–Kier alpha value is -4.50. The molecular weight excluding hydrogens is 438 g/mol. The molecule has 3 N–H and O–H groups in total. The van der Waals surface area contributed by atoms with Crippen molar-refractivity contribution in [2.24, 2.45) is 0 Å². The zero-order chi connectivity index (χ0) is 24.4. The molecule has 0 spiro atoms. The molecule has 0 fully saturated rings. The summed E-state index contributed by atoms with van der Waals surface area (Å²) in [6, 6.07) is 38.9. The predicted octanol–water partition coefficient (Wildman–Crippen LogP) is 8.42. The molecular formula is C33H27N3. The molecule has 0 amide bonds. The van der Waals surface area contributed by atoms with Crippen LogP contribution in [0.1, 0.15) is 25.0 Å². The van der Waals surface area contributed by atoms with Crippen LogP contribution in [-0.2, 0) is 5.41 Å².